The van der Waals surface area contributed by atoms with Gasteiger partial charge in [0.2, 0.25) is 5.91 Å². The number of urea groups is 1. The molecule has 3 aliphatic heterocycles. The number of ether oxygens (including phenoxy) is 1. The first-order valence-corrected chi connectivity index (χ1v) is 11.3. The van der Waals surface area contributed by atoms with Crippen molar-refractivity contribution in [3.63, 3.8) is 0 Å². The van der Waals surface area contributed by atoms with Gasteiger partial charge in [-0.05, 0) is 43.7 Å². The SMILES string of the molecule is CC.O=C1COC2CCN(C(=O)N3CC4(CC(Cc5c(O)cccc5F)C4)C3)CC2N1. The van der Waals surface area contributed by atoms with Crippen molar-refractivity contribution in [2.24, 2.45) is 11.3 Å². The third kappa shape index (κ3) is 4.22. The van der Waals surface area contributed by atoms with Gasteiger partial charge in [-0.15, -0.1) is 0 Å². The van der Waals surface area contributed by atoms with Gasteiger partial charge in [-0.25, -0.2) is 9.18 Å². The van der Waals surface area contributed by atoms with Crippen LogP contribution in [0.3, 0.4) is 0 Å². The fourth-order valence-corrected chi connectivity index (χ4v) is 5.58. The van der Waals surface area contributed by atoms with Crippen molar-refractivity contribution in [1.82, 2.24) is 15.1 Å². The maximum atomic E-state index is 13.9. The number of carbonyl (C=O) groups is 2. The number of fused-ring (bicyclic) bond motifs is 1. The zero-order valence-electron chi connectivity index (χ0n) is 18.3. The van der Waals surface area contributed by atoms with Gasteiger partial charge in [-0.1, -0.05) is 19.9 Å². The summed E-state index contributed by atoms with van der Waals surface area (Å²) in [5.74, 6) is -0.0950. The number of hydrogen-bond acceptors (Lipinski definition) is 4. The highest BCUT2D eigenvalue weighted by Gasteiger charge is 2.54. The molecule has 7 nitrogen and oxygen atoms in total. The number of amides is 3. The molecule has 1 aliphatic carbocycles. The fourth-order valence-electron chi connectivity index (χ4n) is 5.58. The van der Waals surface area contributed by atoms with Gasteiger partial charge in [0.1, 0.15) is 18.2 Å². The van der Waals surface area contributed by atoms with Crippen LogP contribution in [0.2, 0.25) is 0 Å². The highest BCUT2D eigenvalue weighted by molar-refractivity contribution is 5.79. The van der Waals surface area contributed by atoms with Gasteiger partial charge < -0.3 is 25.0 Å². The lowest BCUT2D eigenvalue weighted by Crippen LogP contribution is -2.68. The van der Waals surface area contributed by atoms with E-state index >= 15 is 0 Å². The van der Waals surface area contributed by atoms with Crippen molar-refractivity contribution >= 4 is 11.9 Å². The van der Waals surface area contributed by atoms with Crippen LogP contribution >= 0.6 is 0 Å². The largest absolute Gasteiger partial charge is 0.508 e. The second-order valence-electron chi connectivity index (χ2n) is 9.11. The monoisotopic (exact) mass is 433 g/mol. The maximum Gasteiger partial charge on any atom is 0.320 e. The Morgan fingerprint density at radius 2 is 2.03 bits per heavy atom. The first kappa shape index (κ1) is 21.9. The van der Waals surface area contributed by atoms with E-state index < -0.39 is 0 Å². The molecule has 31 heavy (non-hydrogen) atoms. The second-order valence-corrected chi connectivity index (χ2v) is 9.11. The Labute approximate surface area is 182 Å². The fraction of sp³-hybridized carbons (Fsp3) is 0.652. The van der Waals surface area contributed by atoms with Crippen molar-refractivity contribution in [2.75, 3.05) is 32.8 Å². The highest BCUT2D eigenvalue weighted by Crippen LogP contribution is 2.53. The molecule has 3 amide bonds. The number of halogens is 1. The molecule has 4 aliphatic rings. The molecule has 5 rings (SSSR count). The average molecular weight is 434 g/mol. The normalized spacial score (nSPS) is 26.7. The van der Waals surface area contributed by atoms with Crippen LogP contribution in [-0.4, -0.2) is 71.8 Å². The molecule has 8 heteroatoms. The Morgan fingerprint density at radius 3 is 2.74 bits per heavy atom. The van der Waals surface area contributed by atoms with Crippen molar-refractivity contribution in [3.05, 3.63) is 29.6 Å². The van der Waals surface area contributed by atoms with Crippen LogP contribution in [0.25, 0.3) is 0 Å². The number of benzene rings is 1. The van der Waals surface area contributed by atoms with Crippen molar-refractivity contribution in [1.29, 1.82) is 0 Å². The number of carbonyl (C=O) groups excluding carboxylic acids is 2. The van der Waals surface area contributed by atoms with E-state index in [1.54, 1.807) is 0 Å². The zero-order valence-corrected chi connectivity index (χ0v) is 18.3. The van der Waals surface area contributed by atoms with Crippen molar-refractivity contribution < 1.29 is 23.8 Å². The molecule has 0 radical (unpaired) electrons. The van der Waals surface area contributed by atoms with Gasteiger partial charge in [0.15, 0.2) is 0 Å². The van der Waals surface area contributed by atoms with E-state index in [9.17, 15) is 19.1 Å². The smallest absolute Gasteiger partial charge is 0.320 e. The molecule has 4 fully saturated rings. The van der Waals surface area contributed by atoms with E-state index in [0.717, 1.165) is 32.4 Å². The Balaban J connectivity index is 0.00000112. The lowest BCUT2D eigenvalue weighted by atomic mass is 9.56. The van der Waals surface area contributed by atoms with Gasteiger partial charge in [0.25, 0.3) is 0 Å². The summed E-state index contributed by atoms with van der Waals surface area (Å²) in [4.78, 5) is 28.1. The van der Waals surface area contributed by atoms with E-state index in [4.69, 9.17) is 4.74 Å². The van der Waals surface area contributed by atoms with Crippen LogP contribution in [-0.2, 0) is 16.0 Å². The summed E-state index contributed by atoms with van der Waals surface area (Å²) in [7, 11) is 0. The van der Waals surface area contributed by atoms with E-state index in [-0.39, 0.29) is 47.7 Å². The molecule has 1 saturated carbocycles. The van der Waals surface area contributed by atoms with Crippen LogP contribution in [0.15, 0.2) is 18.2 Å². The lowest BCUT2D eigenvalue weighted by molar-refractivity contribution is -0.140. The van der Waals surface area contributed by atoms with E-state index in [2.05, 4.69) is 5.32 Å². The van der Waals surface area contributed by atoms with Crippen LogP contribution in [0.1, 0.15) is 38.7 Å². The molecule has 2 N–H and O–H groups in total. The Hall–Kier alpha value is -2.35. The number of aromatic hydroxyl groups is 1. The number of rotatable bonds is 2. The van der Waals surface area contributed by atoms with E-state index in [0.29, 0.717) is 31.0 Å². The summed E-state index contributed by atoms with van der Waals surface area (Å²) in [5.41, 5.74) is 0.557. The van der Waals surface area contributed by atoms with Crippen LogP contribution < -0.4 is 5.32 Å². The maximum absolute atomic E-state index is 13.9. The van der Waals surface area contributed by atoms with Gasteiger partial charge >= 0.3 is 6.03 Å². The van der Waals surface area contributed by atoms with Gasteiger partial charge in [-0.3, -0.25) is 4.79 Å². The van der Waals surface area contributed by atoms with Crippen molar-refractivity contribution in [3.8, 4) is 5.75 Å². The molecule has 0 aromatic heterocycles. The predicted molar refractivity (Wildman–Crippen MR) is 113 cm³/mol. The number of nitrogens with one attached hydrogen (secondary N) is 1. The summed E-state index contributed by atoms with van der Waals surface area (Å²) in [6, 6.07) is 4.34. The quantitative estimate of drug-likeness (QED) is 0.751. The zero-order chi connectivity index (χ0) is 22.2. The first-order chi connectivity index (χ1) is 14.9. The molecule has 2 atom stereocenters. The summed E-state index contributed by atoms with van der Waals surface area (Å²) >= 11 is 0. The molecule has 3 saturated heterocycles. The van der Waals surface area contributed by atoms with E-state index in [1.165, 1.54) is 18.2 Å². The summed E-state index contributed by atoms with van der Waals surface area (Å²) < 4.78 is 19.5. The summed E-state index contributed by atoms with van der Waals surface area (Å²) in [5, 5.41) is 12.8. The molecular weight excluding hydrogens is 401 g/mol. The molecule has 170 valence electrons. The molecule has 1 aromatic rings. The van der Waals surface area contributed by atoms with Crippen LogP contribution in [0.4, 0.5) is 9.18 Å². The summed E-state index contributed by atoms with van der Waals surface area (Å²) in [6.07, 6.45) is 3.20. The minimum atomic E-state index is -0.349. The lowest BCUT2D eigenvalue weighted by Gasteiger charge is -2.60. The average Bonchev–Trinajstić information content (AvgIpc) is 2.71. The topological polar surface area (TPSA) is 82.1 Å². The third-order valence-electron chi connectivity index (χ3n) is 6.95. The van der Waals surface area contributed by atoms with Gasteiger partial charge in [0.05, 0.1) is 12.1 Å². The summed E-state index contributed by atoms with van der Waals surface area (Å²) in [6.45, 7) is 6.72. The molecule has 1 aromatic carbocycles. The number of hydrogen-bond donors (Lipinski definition) is 2. The van der Waals surface area contributed by atoms with E-state index in [1.807, 2.05) is 23.6 Å². The number of phenols is 1. The van der Waals surface area contributed by atoms with Crippen LogP contribution in [0.5, 0.6) is 5.75 Å². The third-order valence-corrected chi connectivity index (χ3v) is 6.95. The molecule has 1 spiro atoms. The number of morpholine rings is 1. The Morgan fingerprint density at radius 1 is 1.29 bits per heavy atom. The molecule has 2 unspecified atom stereocenters. The predicted octanol–water partition coefficient (Wildman–Crippen LogP) is 2.52. The first-order valence-electron chi connectivity index (χ1n) is 11.3. The van der Waals surface area contributed by atoms with Gasteiger partial charge in [-0.2, -0.15) is 0 Å². The number of nitrogens with zero attached hydrogens (tertiary/aromatic N) is 2. The van der Waals surface area contributed by atoms with Gasteiger partial charge in [0, 0.05) is 37.2 Å². The Bertz CT molecular complexity index is 814. The number of likely N-dealkylation sites (tertiary alicyclic amines) is 2. The molecular formula is C23H32FN3O4. The number of piperidine rings is 1. The molecule has 3 heterocycles. The minimum absolute atomic E-state index is 0.00155. The van der Waals surface area contributed by atoms with Crippen molar-refractivity contribution in [2.45, 2.75) is 51.7 Å². The Kier molecular flexibility index (Phi) is 6.10. The molecule has 0 bridgehead atoms. The standard InChI is InChI=1S/C21H26FN3O4.C2H6/c22-15-2-1-3-17(26)14(15)6-13-7-21(8-13)11-25(12-21)20(28)24-5-4-18-16(9-24)23-19(27)10-29-18;1-2/h1-3,13,16,18,26H,4-12H2,(H,23,27);1-2H3. The van der Waals surface area contributed by atoms with Crippen LogP contribution in [0, 0.1) is 17.2 Å². The minimum Gasteiger partial charge on any atom is -0.508 e. The highest BCUT2D eigenvalue weighted by atomic mass is 19.1. The second kappa shape index (κ2) is 8.65. The number of phenolic OH excluding ortho intramolecular Hbond substituents is 1.